The Morgan fingerprint density at radius 2 is 1.82 bits per heavy atom. The highest BCUT2D eigenvalue weighted by molar-refractivity contribution is 7.89. The summed E-state index contributed by atoms with van der Waals surface area (Å²) in [5.74, 6) is 0.425. The summed E-state index contributed by atoms with van der Waals surface area (Å²) in [6.07, 6.45) is -4.63. The second-order valence-electron chi connectivity index (χ2n) is 7.22. The summed E-state index contributed by atoms with van der Waals surface area (Å²) in [5, 5.41) is 7.36. The van der Waals surface area contributed by atoms with Gasteiger partial charge in [0.2, 0.25) is 21.8 Å². The first-order valence-electron chi connectivity index (χ1n) is 8.42. The molecule has 28 heavy (non-hydrogen) atoms. The molecule has 0 aliphatic heterocycles. The van der Waals surface area contributed by atoms with Crippen LogP contribution in [0.2, 0.25) is 5.02 Å². The zero-order chi connectivity index (χ0) is 21.5. The third kappa shape index (κ3) is 4.49. The van der Waals surface area contributed by atoms with E-state index in [2.05, 4.69) is 10.2 Å². The Kier molecular flexibility index (Phi) is 6.18. The van der Waals surface area contributed by atoms with Crippen molar-refractivity contribution < 1.29 is 26.0 Å². The fraction of sp³-hybridized carbons (Fsp3) is 0.529. The lowest BCUT2D eigenvalue weighted by Gasteiger charge is -2.25. The van der Waals surface area contributed by atoms with E-state index < -0.39 is 43.1 Å². The predicted molar refractivity (Wildman–Crippen MR) is 97.4 cm³/mol. The van der Waals surface area contributed by atoms with Gasteiger partial charge in [0.05, 0.1) is 10.6 Å². The molecule has 0 bridgehead atoms. The zero-order valence-corrected chi connectivity index (χ0v) is 17.6. The first kappa shape index (κ1) is 22.6. The Bertz CT molecular complexity index is 953. The Hall–Kier alpha value is -1.65. The molecule has 0 aliphatic rings. The Labute approximate surface area is 166 Å². The second kappa shape index (κ2) is 7.64. The second-order valence-corrected chi connectivity index (χ2v) is 9.49. The molecule has 1 aromatic carbocycles. The van der Waals surface area contributed by atoms with Crippen molar-refractivity contribution in [3.8, 4) is 0 Å². The fourth-order valence-corrected chi connectivity index (χ4v) is 4.61. The number of aromatic nitrogens is 2. The predicted octanol–water partition coefficient (Wildman–Crippen LogP) is 4.81. The van der Waals surface area contributed by atoms with E-state index in [4.69, 9.17) is 16.0 Å². The molecule has 0 saturated carbocycles. The quantitative estimate of drug-likeness (QED) is 0.668. The summed E-state index contributed by atoms with van der Waals surface area (Å²) >= 11 is 5.88. The lowest BCUT2D eigenvalue weighted by atomic mass is 9.97. The largest absolute Gasteiger partial charge is 0.423 e. The molecule has 156 valence electrons. The summed E-state index contributed by atoms with van der Waals surface area (Å²) in [7, 11) is -4.21. The maximum Gasteiger partial charge on any atom is 0.416 e. The molecule has 2 aromatic rings. The van der Waals surface area contributed by atoms with Crippen LogP contribution in [0.25, 0.3) is 0 Å². The lowest BCUT2D eigenvalue weighted by Crippen LogP contribution is -2.34. The maximum atomic E-state index is 13.0. The van der Waals surface area contributed by atoms with Gasteiger partial charge in [-0.15, -0.1) is 10.2 Å². The molecule has 0 spiro atoms. The first-order valence-corrected chi connectivity index (χ1v) is 10.2. The van der Waals surface area contributed by atoms with Gasteiger partial charge in [-0.1, -0.05) is 39.3 Å². The summed E-state index contributed by atoms with van der Waals surface area (Å²) in [6, 6.07) is 1.29. The molecule has 11 heteroatoms. The zero-order valence-electron chi connectivity index (χ0n) is 16.0. The molecule has 0 aliphatic carbocycles. The highest BCUT2D eigenvalue weighted by atomic mass is 35.5. The summed E-state index contributed by atoms with van der Waals surface area (Å²) in [4.78, 5) is -0.425. The van der Waals surface area contributed by atoms with E-state index in [0.29, 0.717) is 18.0 Å². The van der Waals surface area contributed by atoms with Crippen molar-refractivity contribution in [2.45, 2.75) is 57.1 Å². The molecule has 6 nitrogen and oxygen atoms in total. The van der Waals surface area contributed by atoms with Gasteiger partial charge in [-0.05, 0) is 25.1 Å². The molecule has 0 N–H and O–H groups in total. The van der Waals surface area contributed by atoms with E-state index in [1.54, 1.807) is 13.8 Å². The van der Waals surface area contributed by atoms with Crippen LogP contribution in [0, 0.1) is 0 Å². The van der Waals surface area contributed by atoms with Crippen LogP contribution in [0.5, 0.6) is 0 Å². The van der Waals surface area contributed by atoms with Crippen LogP contribution in [0.15, 0.2) is 27.5 Å². The number of hydrogen-bond donors (Lipinski definition) is 0. The molecule has 1 heterocycles. The molecule has 0 saturated heterocycles. The van der Waals surface area contributed by atoms with Crippen LogP contribution in [-0.4, -0.2) is 29.5 Å². The molecule has 2 rings (SSSR count). The van der Waals surface area contributed by atoms with Gasteiger partial charge in [0, 0.05) is 12.0 Å². The molecule has 0 fully saturated rings. The van der Waals surface area contributed by atoms with E-state index >= 15 is 0 Å². The number of alkyl halides is 3. The maximum absolute atomic E-state index is 13.0. The number of benzene rings is 1. The van der Waals surface area contributed by atoms with Crippen molar-refractivity contribution in [1.82, 2.24) is 14.5 Å². The lowest BCUT2D eigenvalue weighted by molar-refractivity contribution is -0.137. The van der Waals surface area contributed by atoms with Crippen LogP contribution >= 0.6 is 11.6 Å². The van der Waals surface area contributed by atoms with Gasteiger partial charge in [0.15, 0.2) is 0 Å². The Morgan fingerprint density at radius 1 is 1.21 bits per heavy atom. The van der Waals surface area contributed by atoms with Gasteiger partial charge in [-0.25, -0.2) is 8.42 Å². The Morgan fingerprint density at radius 3 is 2.25 bits per heavy atom. The van der Waals surface area contributed by atoms with Crippen molar-refractivity contribution >= 4 is 21.6 Å². The number of nitrogens with zero attached hydrogens (tertiary/aromatic N) is 3. The molecule has 0 unspecified atom stereocenters. The smallest absolute Gasteiger partial charge is 0.416 e. The third-order valence-electron chi connectivity index (χ3n) is 4.03. The van der Waals surface area contributed by atoms with Gasteiger partial charge in [-0.3, -0.25) is 0 Å². The van der Waals surface area contributed by atoms with Crippen LogP contribution in [0.4, 0.5) is 13.2 Å². The van der Waals surface area contributed by atoms with E-state index in [-0.39, 0.29) is 12.4 Å². The fourth-order valence-electron chi connectivity index (χ4n) is 2.49. The summed E-state index contributed by atoms with van der Waals surface area (Å²) in [6.45, 7) is 8.77. The first-order chi connectivity index (χ1) is 12.7. The van der Waals surface area contributed by atoms with E-state index in [9.17, 15) is 21.6 Å². The Balaban J connectivity index is 2.43. The number of sulfonamides is 1. The van der Waals surface area contributed by atoms with Crippen molar-refractivity contribution in [2.75, 3.05) is 6.54 Å². The highest BCUT2D eigenvalue weighted by Gasteiger charge is 2.36. The normalized spacial score (nSPS) is 14.5. The average molecular weight is 440 g/mol. The topological polar surface area (TPSA) is 76.3 Å². The SMILES string of the molecule is CCN([C@@H](C)c1nnc(C(C)(C)C)o1)S(=O)(=O)c1ccc(C(F)(F)F)cc1Cl. The van der Waals surface area contributed by atoms with Crippen LogP contribution in [-0.2, 0) is 21.6 Å². The van der Waals surface area contributed by atoms with E-state index in [1.807, 2.05) is 20.8 Å². The molecule has 1 aromatic heterocycles. The minimum atomic E-state index is -4.63. The summed E-state index contributed by atoms with van der Waals surface area (Å²) in [5.41, 5.74) is -1.45. The van der Waals surface area contributed by atoms with E-state index in [0.717, 1.165) is 10.4 Å². The van der Waals surface area contributed by atoms with Gasteiger partial charge in [-0.2, -0.15) is 17.5 Å². The minimum absolute atomic E-state index is 0.0219. The highest BCUT2D eigenvalue weighted by Crippen LogP contribution is 2.36. The van der Waals surface area contributed by atoms with Crippen LogP contribution in [0.1, 0.15) is 58.0 Å². The molecule has 0 radical (unpaired) electrons. The van der Waals surface area contributed by atoms with Gasteiger partial charge >= 0.3 is 6.18 Å². The monoisotopic (exact) mass is 439 g/mol. The van der Waals surface area contributed by atoms with Gasteiger partial charge in [0.1, 0.15) is 10.9 Å². The van der Waals surface area contributed by atoms with Crippen molar-refractivity contribution in [1.29, 1.82) is 0 Å². The number of halogens is 4. The van der Waals surface area contributed by atoms with Crippen LogP contribution in [0.3, 0.4) is 0 Å². The van der Waals surface area contributed by atoms with Gasteiger partial charge < -0.3 is 4.42 Å². The van der Waals surface area contributed by atoms with Gasteiger partial charge in [0.25, 0.3) is 0 Å². The van der Waals surface area contributed by atoms with Crippen molar-refractivity contribution in [3.05, 3.63) is 40.6 Å². The standard InChI is InChI=1S/C17H21ClF3N3O3S/c1-6-24(10(2)14-22-23-15(27-14)16(3,4)5)28(25,26)13-8-7-11(9-12(13)18)17(19,20)21/h7-10H,6H2,1-5H3/t10-/m0/s1. The average Bonchev–Trinajstić information content (AvgIpc) is 3.04. The molecular weight excluding hydrogens is 419 g/mol. The number of rotatable bonds is 5. The van der Waals surface area contributed by atoms with Crippen LogP contribution < -0.4 is 0 Å². The van der Waals surface area contributed by atoms with Crippen molar-refractivity contribution in [3.63, 3.8) is 0 Å². The molecule has 0 amide bonds. The minimum Gasteiger partial charge on any atom is -0.423 e. The molecule has 1 atom stereocenters. The van der Waals surface area contributed by atoms with Crippen molar-refractivity contribution in [2.24, 2.45) is 0 Å². The third-order valence-corrected chi connectivity index (χ3v) is 6.56. The molecular formula is C17H21ClF3N3O3S. The number of hydrogen-bond acceptors (Lipinski definition) is 5. The summed E-state index contributed by atoms with van der Waals surface area (Å²) < 4.78 is 71.2. The van der Waals surface area contributed by atoms with E-state index in [1.165, 1.54) is 0 Å².